The lowest BCUT2D eigenvalue weighted by Gasteiger charge is -2.34. The Labute approximate surface area is 224 Å². The first-order valence-corrected chi connectivity index (χ1v) is 16.4. The van der Waals surface area contributed by atoms with E-state index >= 15 is 0 Å². The van der Waals surface area contributed by atoms with Crippen molar-refractivity contribution in [1.29, 1.82) is 0 Å². The molecule has 0 bridgehead atoms. The van der Waals surface area contributed by atoms with Gasteiger partial charge in [0, 0.05) is 50.1 Å². The third-order valence-corrected chi connectivity index (χ3v) is 11.8. The molecule has 0 N–H and O–H groups in total. The number of nitrogens with zero attached hydrogens (tertiary/aromatic N) is 4. The lowest BCUT2D eigenvalue weighted by molar-refractivity contribution is -0.123. The first-order chi connectivity index (χ1) is 17.5. The summed E-state index contributed by atoms with van der Waals surface area (Å²) >= 11 is 4.43. The molecular formula is C24H30N4O4S4. The van der Waals surface area contributed by atoms with Gasteiger partial charge in [-0.3, -0.25) is 14.6 Å². The quantitative estimate of drug-likeness (QED) is 0.383. The highest BCUT2D eigenvalue weighted by Crippen LogP contribution is 2.35. The Bertz CT molecular complexity index is 1280. The zero-order valence-corrected chi connectivity index (χ0v) is 23.4. The van der Waals surface area contributed by atoms with E-state index in [2.05, 4.69) is 17.0 Å². The van der Waals surface area contributed by atoms with Crippen molar-refractivity contribution in [3.05, 3.63) is 35.7 Å². The van der Waals surface area contributed by atoms with Gasteiger partial charge in [-0.1, -0.05) is 23.5 Å². The molecule has 0 saturated carbocycles. The Morgan fingerprint density at radius 3 is 2.64 bits per heavy atom. The van der Waals surface area contributed by atoms with Gasteiger partial charge in [0.25, 0.3) is 10.0 Å². The van der Waals surface area contributed by atoms with Crippen molar-refractivity contribution in [2.45, 2.75) is 21.9 Å². The van der Waals surface area contributed by atoms with Crippen LogP contribution in [-0.4, -0.2) is 87.3 Å². The van der Waals surface area contributed by atoms with Crippen LogP contribution < -0.4 is 4.90 Å². The normalized spacial score (nSPS) is 18.6. The van der Waals surface area contributed by atoms with Crippen molar-refractivity contribution < 1.29 is 17.9 Å². The minimum Gasteiger partial charge on any atom is -0.379 e. The fraction of sp³-hybridized carbons (Fsp3) is 0.500. The molecule has 2 fully saturated rings. The average molecular weight is 567 g/mol. The number of anilines is 1. The highest BCUT2D eigenvalue weighted by atomic mass is 32.2. The van der Waals surface area contributed by atoms with Crippen molar-refractivity contribution in [3.8, 4) is 0 Å². The molecule has 3 aromatic rings. The van der Waals surface area contributed by atoms with Gasteiger partial charge < -0.3 is 4.74 Å². The van der Waals surface area contributed by atoms with E-state index in [-0.39, 0.29) is 11.8 Å². The third kappa shape index (κ3) is 5.50. The largest absolute Gasteiger partial charge is 0.379 e. The average Bonchev–Trinajstić information content (AvgIpc) is 3.60. The summed E-state index contributed by atoms with van der Waals surface area (Å²) in [4.78, 5) is 24.0. The molecule has 2 saturated heterocycles. The van der Waals surface area contributed by atoms with Crippen molar-refractivity contribution in [1.82, 2.24) is 14.2 Å². The number of thioether (sulfide) groups is 1. The summed E-state index contributed by atoms with van der Waals surface area (Å²) in [5.41, 5.74) is 0.936. The minimum absolute atomic E-state index is 0.0428. The van der Waals surface area contributed by atoms with E-state index in [0.717, 1.165) is 39.9 Å². The van der Waals surface area contributed by atoms with Gasteiger partial charge in [-0.05, 0) is 42.7 Å². The SMILES string of the molecule is CSc1cccc2sc(N(CCN3CCOCC3)C(=O)C3CCN(S(=O)(=O)c4cccs4)CC3)nc12. The van der Waals surface area contributed by atoms with E-state index in [9.17, 15) is 13.2 Å². The predicted octanol–water partition coefficient (Wildman–Crippen LogP) is 3.85. The smallest absolute Gasteiger partial charge is 0.252 e. The third-order valence-electron chi connectivity index (χ3n) is 6.72. The van der Waals surface area contributed by atoms with E-state index in [4.69, 9.17) is 9.72 Å². The van der Waals surface area contributed by atoms with Crippen molar-refractivity contribution in [3.63, 3.8) is 0 Å². The summed E-state index contributed by atoms with van der Waals surface area (Å²) < 4.78 is 34.3. The van der Waals surface area contributed by atoms with Gasteiger partial charge in [0.05, 0.1) is 23.4 Å². The number of carbonyl (C=O) groups excluding carboxylic acids is 1. The molecule has 2 aliphatic rings. The first kappa shape index (κ1) is 26.1. The topological polar surface area (TPSA) is 83.0 Å². The molecule has 1 aromatic carbocycles. The van der Waals surface area contributed by atoms with E-state index in [1.54, 1.807) is 40.6 Å². The van der Waals surface area contributed by atoms with Crippen LogP contribution in [0.15, 0.2) is 44.8 Å². The summed E-state index contributed by atoms with van der Waals surface area (Å²) in [5.74, 6) is -0.183. The molecule has 2 aliphatic heterocycles. The molecule has 8 nitrogen and oxygen atoms in total. The molecule has 0 unspecified atom stereocenters. The van der Waals surface area contributed by atoms with E-state index in [1.165, 1.54) is 15.6 Å². The zero-order chi connectivity index (χ0) is 25.1. The van der Waals surface area contributed by atoms with Crippen LogP contribution in [0.25, 0.3) is 10.2 Å². The van der Waals surface area contributed by atoms with Gasteiger partial charge in [0.1, 0.15) is 4.21 Å². The standard InChI is InChI=1S/C24H30N4O4S4/c1-33-19-4-2-5-20-22(19)25-24(35-20)28(12-11-26-13-15-32-16-14-26)23(29)18-7-9-27(10-8-18)36(30,31)21-6-3-17-34-21/h2-6,17-18H,7-16H2,1H3. The summed E-state index contributed by atoms with van der Waals surface area (Å²) in [5, 5.41) is 2.49. The van der Waals surface area contributed by atoms with Crippen LogP contribution in [0.5, 0.6) is 0 Å². The molecule has 4 heterocycles. The predicted molar refractivity (Wildman–Crippen MR) is 147 cm³/mol. The molecule has 12 heteroatoms. The van der Waals surface area contributed by atoms with Crippen LogP contribution in [0.2, 0.25) is 0 Å². The van der Waals surface area contributed by atoms with Gasteiger partial charge in [0.2, 0.25) is 5.91 Å². The van der Waals surface area contributed by atoms with Crippen molar-refractivity contribution in [2.24, 2.45) is 5.92 Å². The maximum Gasteiger partial charge on any atom is 0.252 e. The second-order valence-corrected chi connectivity index (χ2v) is 13.8. The number of aromatic nitrogens is 1. The number of thiazole rings is 1. The minimum atomic E-state index is -3.49. The lowest BCUT2D eigenvalue weighted by atomic mass is 9.96. The summed E-state index contributed by atoms with van der Waals surface area (Å²) in [6.45, 7) is 5.16. The van der Waals surface area contributed by atoms with Crippen LogP contribution in [0.3, 0.4) is 0 Å². The number of piperidine rings is 1. The number of thiophene rings is 1. The summed E-state index contributed by atoms with van der Waals surface area (Å²) in [6, 6.07) is 9.52. The fourth-order valence-corrected chi connectivity index (χ4v) is 8.93. The zero-order valence-electron chi connectivity index (χ0n) is 20.2. The van der Waals surface area contributed by atoms with Gasteiger partial charge >= 0.3 is 0 Å². The lowest BCUT2D eigenvalue weighted by Crippen LogP contribution is -2.47. The maximum atomic E-state index is 13.9. The molecule has 5 rings (SSSR count). The number of amides is 1. The summed E-state index contributed by atoms with van der Waals surface area (Å²) in [7, 11) is -3.49. The molecule has 0 spiro atoms. The Kier molecular flexibility index (Phi) is 8.30. The molecule has 2 aromatic heterocycles. The number of hydrogen-bond donors (Lipinski definition) is 0. The molecule has 36 heavy (non-hydrogen) atoms. The van der Waals surface area contributed by atoms with E-state index in [1.807, 2.05) is 17.2 Å². The molecule has 194 valence electrons. The highest BCUT2D eigenvalue weighted by molar-refractivity contribution is 7.98. The molecule has 1 amide bonds. The first-order valence-electron chi connectivity index (χ1n) is 12.1. The monoisotopic (exact) mass is 566 g/mol. The number of rotatable bonds is 8. The molecule has 0 radical (unpaired) electrons. The van der Waals surface area contributed by atoms with Gasteiger partial charge in [0.15, 0.2) is 5.13 Å². The highest BCUT2D eigenvalue weighted by Gasteiger charge is 2.35. The van der Waals surface area contributed by atoms with E-state index < -0.39 is 10.0 Å². The van der Waals surface area contributed by atoms with Crippen molar-refractivity contribution in [2.75, 3.05) is 63.6 Å². The van der Waals surface area contributed by atoms with Gasteiger partial charge in [-0.15, -0.1) is 23.1 Å². The second-order valence-electron chi connectivity index (χ2n) is 8.86. The van der Waals surface area contributed by atoms with Crippen LogP contribution in [0.4, 0.5) is 5.13 Å². The fourth-order valence-electron chi connectivity index (χ4n) is 4.66. The Morgan fingerprint density at radius 1 is 1.17 bits per heavy atom. The number of ether oxygens (including phenoxy) is 1. The van der Waals surface area contributed by atoms with Gasteiger partial charge in [-0.25, -0.2) is 13.4 Å². The Balaban J connectivity index is 1.34. The number of carbonyl (C=O) groups is 1. The number of fused-ring (bicyclic) bond motifs is 1. The number of para-hydroxylation sites is 1. The molecular weight excluding hydrogens is 537 g/mol. The molecule has 0 aliphatic carbocycles. The Hall–Kier alpha value is -1.54. The Morgan fingerprint density at radius 2 is 1.94 bits per heavy atom. The number of benzene rings is 1. The number of hydrogen-bond acceptors (Lipinski definition) is 9. The number of morpholine rings is 1. The summed E-state index contributed by atoms with van der Waals surface area (Å²) in [6.07, 6.45) is 3.06. The van der Waals surface area contributed by atoms with Crippen LogP contribution in [0, 0.1) is 5.92 Å². The number of sulfonamides is 1. The van der Waals surface area contributed by atoms with Crippen molar-refractivity contribution >= 4 is 65.7 Å². The van der Waals surface area contributed by atoms with Crippen LogP contribution >= 0.6 is 34.4 Å². The van der Waals surface area contributed by atoms with Gasteiger partial charge in [-0.2, -0.15) is 4.31 Å². The van der Waals surface area contributed by atoms with Crippen LogP contribution in [0.1, 0.15) is 12.8 Å². The maximum absolute atomic E-state index is 13.9. The van der Waals surface area contributed by atoms with Crippen LogP contribution in [-0.2, 0) is 19.6 Å². The second kappa shape index (κ2) is 11.5. The van der Waals surface area contributed by atoms with E-state index in [0.29, 0.717) is 49.9 Å². The molecule has 0 atom stereocenters.